The molecule has 1 unspecified atom stereocenters. The third kappa shape index (κ3) is 5.63. The second-order valence-electron chi connectivity index (χ2n) is 5.47. The van der Waals surface area contributed by atoms with Crippen LogP contribution in [0.25, 0.3) is 0 Å². The second-order valence-corrected chi connectivity index (χ2v) is 5.80. The van der Waals surface area contributed by atoms with Gasteiger partial charge < -0.3 is 15.0 Å². The van der Waals surface area contributed by atoms with Gasteiger partial charge in [0, 0.05) is 12.6 Å². The lowest BCUT2D eigenvalue weighted by Crippen LogP contribution is -2.38. The molecule has 1 fully saturated rings. The molecule has 1 aliphatic heterocycles. The molecule has 0 spiro atoms. The van der Waals surface area contributed by atoms with Gasteiger partial charge in [-0.3, -0.25) is 0 Å². The number of anilines is 1. The number of aromatic nitrogens is 3. The average Bonchev–Trinajstić information content (AvgIpc) is 2.45. The molecule has 1 aliphatic rings. The molecule has 0 bridgehead atoms. The van der Waals surface area contributed by atoms with Gasteiger partial charge in [0.25, 0.3) is 0 Å². The number of nitrogens with zero attached hydrogens (tertiary/aromatic N) is 4. The zero-order chi connectivity index (χ0) is 15.1. The van der Waals surface area contributed by atoms with Crippen LogP contribution in [0.1, 0.15) is 39.5 Å². The first kappa shape index (κ1) is 16.2. The first-order valence-corrected chi connectivity index (χ1v) is 8.08. The van der Waals surface area contributed by atoms with E-state index in [1.807, 2.05) is 6.92 Å². The van der Waals surface area contributed by atoms with Crippen LogP contribution in [0.2, 0.25) is 5.28 Å². The second kappa shape index (κ2) is 8.34. The van der Waals surface area contributed by atoms with Crippen LogP contribution in [0.4, 0.5) is 5.95 Å². The van der Waals surface area contributed by atoms with Crippen molar-refractivity contribution in [2.75, 3.05) is 31.6 Å². The zero-order valence-corrected chi connectivity index (χ0v) is 13.6. The topological polar surface area (TPSA) is 63.2 Å². The Hall–Kier alpha value is -1.14. The normalized spacial score (nSPS) is 17.5. The minimum atomic E-state index is 0.156. The molecule has 1 N–H and O–H groups in total. The molecule has 2 rings (SSSR count). The van der Waals surface area contributed by atoms with Gasteiger partial charge >= 0.3 is 6.01 Å². The van der Waals surface area contributed by atoms with Crippen molar-refractivity contribution in [3.8, 4) is 6.01 Å². The lowest BCUT2D eigenvalue weighted by atomic mass is 10.1. The molecule has 0 aromatic carbocycles. The minimum absolute atomic E-state index is 0.156. The molecular weight excluding hydrogens is 290 g/mol. The predicted molar refractivity (Wildman–Crippen MR) is 84.0 cm³/mol. The summed E-state index contributed by atoms with van der Waals surface area (Å²) in [5.74, 6) is 0.477. The van der Waals surface area contributed by atoms with E-state index < -0.39 is 0 Å². The molecule has 2 heterocycles. The fourth-order valence-electron chi connectivity index (χ4n) is 2.45. The van der Waals surface area contributed by atoms with Gasteiger partial charge in [-0.25, -0.2) is 0 Å². The van der Waals surface area contributed by atoms with Gasteiger partial charge in [0.15, 0.2) is 0 Å². The van der Waals surface area contributed by atoms with Crippen molar-refractivity contribution >= 4 is 17.5 Å². The Kier molecular flexibility index (Phi) is 6.45. The summed E-state index contributed by atoms with van der Waals surface area (Å²) < 4.78 is 5.41. The maximum absolute atomic E-state index is 5.91. The predicted octanol–water partition coefficient (Wildman–Crippen LogP) is 2.60. The van der Waals surface area contributed by atoms with Crippen molar-refractivity contribution in [2.24, 2.45) is 0 Å². The molecule has 0 aliphatic carbocycles. The van der Waals surface area contributed by atoms with Crippen molar-refractivity contribution in [2.45, 2.75) is 45.6 Å². The third-order valence-electron chi connectivity index (χ3n) is 3.38. The highest BCUT2D eigenvalue weighted by Gasteiger charge is 2.15. The lowest BCUT2D eigenvalue weighted by Gasteiger charge is -2.29. The van der Waals surface area contributed by atoms with E-state index in [1.54, 1.807) is 0 Å². The summed E-state index contributed by atoms with van der Waals surface area (Å²) in [6.45, 7) is 8.06. The van der Waals surface area contributed by atoms with Gasteiger partial charge in [-0.1, -0.05) is 13.3 Å². The minimum Gasteiger partial charge on any atom is -0.463 e. The van der Waals surface area contributed by atoms with Gasteiger partial charge in [0.05, 0.1) is 6.61 Å². The molecule has 6 nitrogen and oxygen atoms in total. The maximum Gasteiger partial charge on any atom is 0.322 e. The molecule has 1 saturated heterocycles. The molecule has 7 heteroatoms. The SMILES string of the molecule is CCCOc1nc(Cl)nc(NC(C)CN2CCCCC2)n1. The molecule has 0 amide bonds. The summed E-state index contributed by atoms with van der Waals surface area (Å²) in [7, 11) is 0. The van der Waals surface area contributed by atoms with Crippen LogP contribution in [0.15, 0.2) is 0 Å². The summed E-state index contributed by atoms with van der Waals surface area (Å²) in [5.41, 5.74) is 0. The zero-order valence-electron chi connectivity index (χ0n) is 12.8. The Labute approximate surface area is 131 Å². The van der Waals surface area contributed by atoms with Crippen LogP contribution >= 0.6 is 11.6 Å². The quantitative estimate of drug-likeness (QED) is 0.835. The Morgan fingerprint density at radius 1 is 1.24 bits per heavy atom. The first-order valence-electron chi connectivity index (χ1n) is 7.70. The van der Waals surface area contributed by atoms with Crippen molar-refractivity contribution in [3.05, 3.63) is 5.28 Å². The lowest BCUT2D eigenvalue weighted by molar-refractivity contribution is 0.223. The van der Waals surface area contributed by atoms with E-state index in [4.69, 9.17) is 16.3 Å². The Balaban J connectivity index is 1.89. The van der Waals surface area contributed by atoms with E-state index in [0.717, 1.165) is 13.0 Å². The van der Waals surface area contributed by atoms with Crippen LogP contribution in [-0.4, -0.2) is 52.1 Å². The maximum atomic E-state index is 5.91. The van der Waals surface area contributed by atoms with Gasteiger partial charge in [0.2, 0.25) is 11.2 Å². The largest absolute Gasteiger partial charge is 0.463 e. The number of hydrogen-bond acceptors (Lipinski definition) is 6. The standard InChI is InChI=1S/C14H24ClN5O/c1-3-9-21-14-18-12(15)17-13(19-14)16-11(2)10-20-7-5-4-6-8-20/h11H,3-10H2,1-2H3,(H,16,17,18,19). The van der Waals surface area contributed by atoms with E-state index in [0.29, 0.717) is 12.6 Å². The molecular formula is C14H24ClN5O. The van der Waals surface area contributed by atoms with Gasteiger partial charge in [-0.2, -0.15) is 15.0 Å². The van der Waals surface area contributed by atoms with Crippen LogP contribution in [0.3, 0.4) is 0 Å². The van der Waals surface area contributed by atoms with E-state index in [9.17, 15) is 0 Å². The van der Waals surface area contributed by atoms with E-state index >= 15 is 0 Å². The number of nitrogens with one attached hydrogen (secondary N) is 1. The highest BCUT2D eigenvalue weighted by molar-refractivity contribution is 6.28. The van der Waals surface area contributed by atoms with E-state index in [2.05, 4.69) is 32.1 Å². The number of rotatable bonds is 7. The third-order valence-corrected chi connectivity index (χ3v) is 3.55. The Morgan fingerprint density at radius 2 is 2.00 bits per heavy atom. The highest BCUT2D eigenvalue weighted by Crippen LogP contribution is 2.14. The van der Waals surface area contributed by atoms with E-state index in [-0.39, 0.29) is 17.3 Å². The fourth-order valence-corrected chi connectivity index (χ4v) is 2.60. The number of piperidine rings is 1. The highest BCUT2D eigenvalue weighted by atomic mass is 35.5. The fraction of sp³-hybridized carbons (Fsp3) is 0.786. The monoisotopic (exact) mass is 313 g/mol. The summed E-state index contributed by atoms with van der Waals surface area (Å²) in [6.07, 6.45) is 4.83. The van der Waals surface area contributed by atoms with Crippen molar-refractivity contribution < 1.29 is 4.74 Å². The Bertz CT molecular complexity index is 439. The summed E-state index contributed by atoms with van der Waals surface area (Å²) >= 11 is 5.91. The molecule has 1 aromatic rings. The molecule has 1 atom stereocenters. The molecule has 0 radical (unpaired) electrons. The van der Waals surface area contributed by atoms with Crippen LogP contribution in [-0.2, 0) is 0 Å². The van der Waals surface area contributed by atoms with Crippen molar-refractivity contribution in [1.82, 2.24) is 19.9 Å². The number of hydrogen-bond donors (Lipinski definition) is 1. The van der Waals surface area contributed by atoms with Crippen LogP contribution in [0.5, 0.6) is 6.01 Å². The summed E-state index contributed by atoms with van der Waals surface area (Å²) in [6, 6.07) is 0.533. The van der Waals surface area contributed by atoms with Gasteiger partial charge in [-0.05, 0) is 50.9 Å². The summed E-state index contributed by atoms with van der Waals surface area (Å²) in [4.78, 5) is 14.8. The summed E-state index contributed by atoms with van der Waals surface area (Å²) in [5, 5.41) is 3.43. The Morgan fingerprint density at radius 3 is 2.71 bits per heavy atom. The van der Waals surface area contributed by atoms with Crippen molar-refractivity contribution in [1.29, 1.82) is 0 Å². The van der Waals surface area contributed by atoms with E-state index in [1.165, 1.54) is 32.4 Å². The average molecular weight is 314 g/mol. The van der Waals surface area contributed by atoms with Crippen LogP contribution < -0.4 is 10.1 Å². The first-order chi connectivity index (χ1) is 10.2. The van der Waals surface area contributed by atoms with Crippen LogP contribution in [0, 0.1) is 0 Å². The van der Waals surface area contributed by atoms with Gasteiger partial charge in [0.1, 0.15) is 0 Å². The number of ether oxygens (including phenoxy) is 1. The smallest absolute Gasteiger partial charge is 0.322 e. The molecule has 118 valence electrons. The van der Waals surface area contributed by atoms with Gasteiger partial charge in [-0.15, -0.1) is 0 Å². The molecule has 21 heavy (non-hydrogen) atoms. The van der Waals surface area contributed by atoms with Crippen molar-refractivity contribution in [3.63, 3.8) is 0 Å². The molecule has 0 saturated carbocycles. The number of halogens is 1. The number of likely N-dealkylation sites (tertiary alicyclic amines) is 1. The molecule has 1 aromatic heterocycles.